The number of benzene rings is 2. The molecule has 0 bridgehead atoms. The van der Waals surface area contributed by atoms with Crippen LogP contribution in [0.4, 0.5) is 0 Å². The number of fused-ring (bicyclic) bond motifs is 1. The van der Waals surface area contributed by atoms with Crippen molar-refractivity contribution in [2.45, 2.75) is 24.7 Å². The van der Waals surface area contributed by atoms with Crippen LogP contribution in [0.2, 0.25) is 0 Å². The third-order valence-electron chi connectivity index (χ3n) is 6.28. The molecule has 2 aromatic rings. The number of hydrogen-bond acceptors (Lipinski definition) is 6. The number of nitrogens with one attached hydrogen (secondary N) is 2. The molecule has 2 aliphatic rings. The van der Waals surface area contributed by atoms with Crippen LogP contribution in [0.15, 0.2) is 59.6 Å². The molecule has 30 heavy (non-hydrogen) atoms. The van der Waals surface area contributed by atoms with Crippen molar-refractivity contribution in [2.24, 2.45) is 10.4 Å². The molecule has 0 amide bonds. The molecule has 8 heteroatoms. The zero-order valence-corrected chi connectivity index (χ0v) is 17.8. The Bertz CT molecular complexity index is 997. The van der Waals surface area contributed by atoms with Gasteiger partial charge in [0.25, 0.3) is 0 Å². The monoisotopic (exact) mass is 424 g/mol. The number of rotatable bonds is 3. The topological polar surface area (TPSA) is 86.2 Å². The van der Waals surface area contributed by atoms with E-state index in [1.54, 1.807) is 30.6 Å². The number of thiocarbonyl (C=S) groups is 1. The molecule has 0 spiro atoms. The maximum Gasteiger partial charge on any atom is 0.321 e. The lowest BCUT2D eigenvalue weighted by Crippen LogP contribution is -2.79. The lowest BCUT2D eigenvalue weighted by atomic mass is 9.59. The molecule has 0 aromatic heterocycles. The number of hydrogen-bond donors (Lipinski definition) is 3. The normalized spacial score (nSPS) is 30.1. The van der Waals surface area contributed by atoms with E-state index in [0.717, 1.165) is 11.1 Å². The Morgan fingerprint density at radius 2 is 1.83 bits per heavy atom. The molecule has 2 aromatic carbocycles. The number of carbonyl (C=O) groups excluding carboxylic acids is 1. The fraction of sp³-hybridized carbons (Fsp3) is 0.318. The highest BCUT2D eigenvalue weighted by Gasteiger charge is 2.70. The van der Waals surface area contributed by atoms with Gasteiger partial charge in [0.15, 0.2) is 10.5 Å². The van der Waals surface area contributed by atoms with E-state index in [4.69, 9.17) is 21.9 Å². The van der Waals surface area contributed by atoms with E-state index >= 15 is 0 Å². The number of phenolic OH excluding ortho intramolecular Hbond substituents is 1. The van der Waals surface area contributed by atoms with Crippen LogP contribution >= 0.6 is 12.2 Å². The van der Waals surface area contributed by atoms with E-state index in [0.29, 0.717) is 5.11 Å². The molecular weight excluding hydrogens is 400 g/mol. The van der Waals surface area contributed by atoms with Crippen LogP contribution in [0.3, 0.4) is 0 Å². The maximum atomic E-state index is 13.7. The molecule has 156 valence electrons. The van der Waals surface area contributed by atoms with Gasteiger partial charge in [0.05, 0.1) is 25.5 Å². The zero-order valence-electron chi connectivity index (χ0n) is 17.0. The minimum Gasteiger partial charge on any atom is -0.508 e. The number of aromatic hydroxyl groups is 1. The van der Waals surface area contributed by atoms with Gasteiger partial charge < -0.3 is 25.4 Å². The second kappa shape index (κ2) is 7.28. The molecule has 1 fully saturated rings. The average molecular weight is 425 g/mol. The molecule has 1 unspecified atom stereocenters. The minimum atomic E-state index is -1.22. The number of aliphatic imine (C=N–C) groups is 1. The smallest absolute Gasteiger partial charge is 0.321 e. The van der Waals surface area contributed by atoms with Gasteiger partial charge in [-0.3, -0.25) is 9.79 Å². The van der Waals surface area contributed by atoms with Crippen molar-refractivity contribution in [3.05, 3.63) is 65.7 Å². The number of methoxy groups -OCH3 is 1. The van der Waals surface area contributed by atoms with Crippen molar-refractivity contribution in [2.75, 3.05) is 14.2 Å². The average Bonchev–Trinajstić information content (AvgIpc) is 2.75. The quantitative estimate of drug-likeness (QED) is 0.516. The standard InChI is InChI=1S/C22H24N4O3S/c1-21-22(19(28)29-3,18(24-20(30)25-21)14-7-5-4-6-8-14)17(23-13-26(21)2)15-9-11-16(27)12-10-15/h4-13,17-18,27H,1-3H3,(H2,24,25,30)/t17?,18-,21+,22+/m1/s1. The molecule has 4 atom stereocenters. The Balaban J connectivity index is 2.04. The lowest BCUT2D eigenvalue weighted by Gasteiger charge is -2.61. The minimum absolute atomic E-state index is 0.145. The van der Waals surface area contributed by atoms with E-state index in [2.05, 4.69) is 10.6 Å². The molecule has 3 N–H and O–H groups in total. The van der Waals surface area contributed by atoms with Crippen LogP contribution in [0.1, 0.15) is 30.1 Å². The number of nitrogens with zero attached hydrogens (tertiary/aromatic N) is 2. The molecule has 0 radical (unpaired) electrons. The summed E-state index contributed by atoms with van der Waals surface area (Å²) >= 11 is 5.54. The number of esters is 1. The molecule has 0 saturated carbocycles. The van der Waals surface area contributed by atoms with Crippen LogP contribution in [0.5, 0.6) is 5.75 Å². The van der Waals surface area contributed by atoms with Gasteiger partial charge in [0.1, 0.15) is 11.4 Å². The summed E-state index contributed by atoms with van der Waals surface area (Å²) in [5.41, 5.74) is -0.475. The van der Waals surface area contributed by atoms with E-state index in [-0.39, 0.29) is 5.75 Å². The Morgan fingerprint density at radius 3 is 2.47 bits per heavy atom. The van der Waals surface area contributed by atoms with Gasteiger partial charge >= 0.3 is 5.97 Å². The van der Waals surface area contributed by atoms with E-state index in [9.17, 15) is 9.90 Å². The van der Waals surface area contributed by atoms with Crippen molar-refractivity contribution >= 4 is 29.6 Å². The van der Waals surface area contributed by atoms with Gasteiger partial charge in [-0.25, -0.2) is 0 Å². The van der Waals surface area contributed by atoms with E-state index in [1.807, 2.05) is 49.2 Å². The lowest BCUT2D eigenvalue weighted by molar-refractivity contribution is -0.172. The summed E-state index contributed by atoms with van der Waals surface area (Å²) in [7, 11) is 3.25. The molecule has 2 heterocycles. The van der Waals surface area contributed by atoms with Gasteiger partial charge in [-0.15, -0.1) is 0 Å². The third-order valence-corrected chi connectivity index (χ3v) is 6.50. The van der Waals surface area contributed by atoms with E-state index < -0.39 is 29.1 Å². The van der Waals surface area contributed by atoms with Crippen LogP contribution < -0.4 is 10.6 Å². The van der Waals surface area contributed by atoms with Gasteiger partial charge in [0.2, 0.25) is 0 Å². The first-order valence-electron chi connectivity index (χ1n) is 9.62. The SMILES string of the molecule is COC(=O)[C@@]12C(c3ccc(O)cc3)N=CN(C)[C@]1(C)NC(=S)N[C@@H]2c1ccccc1. The van der Waals surface area contributed by atoms with Gasteiger partial charge in [-0.1, -0.05) is 42.5 Å². The summed E-state index contributed by atoms with van der Waals surface area (Å²) in [6, 6.07) is 15.3. The molecule has 1 saturated heterocycles. The summed E-state index contributed by atoms with van der Waals surface area (Å²) in [6.45, 7) is 1.94. The zero-order chi connectivity index (χ0) is 21.5. The number of carbonyl (C=O) groups is 1. The Labute approximate surface area is 180 Å². The highest BCUT2D eigenvalue weighted by molar-refractivity contribution is 7.80. The predicted molar refractivity (Wildman–Crippen MR) is 118 cm³/mol. The molecular formula is C22H24N4O3S. The second-order valence-electron chi connectivity index (χ2n) is 7.74. The highest BCUT2D eigenvalue weighted by atomic mass is 32.1. The van der Waals surface area contributed by atoms with Gasteiger partial charge in [0, 0.05) is 7.05 Å². The molecule has 7 nitrogen and oxygen atoms in total. The first-order chi connectivity index (χ1) is 14.3. The van der Waals surface area contributed by atoms with Crippen LogP contribution in [-0.2, 0) is 9.53 Å². The summed E-state index contributed by atoms with van der Waals surface area (Å²) in [5, 5.41) is 16.9. The fourth-order valence-electron chi connectivity index (χ4n) is 4.68. The van der Waals surface area contributed by atoms with Crippen molar-refractivity contribution in [1.29, 1.82) is 0 Å². The second-order valence-corrected chi connectivity index (χ2v) is 8.15. The number of phenols is 1. The van der Waals surface area contributed by atoms with Crippen LogP contribution in [0, 0.1) is 5.41 Å². The van der Waals surface area contributed by atoms with E-state index in [1.165, 1.54) is 7.11 Å². The van der Waals surface area contributed by atoms with Crippen molar-refractivity contribution in [3.63, 3.8) is 0 Å². The van der Waals surface area contributed by atoms with Crippen LogP contribution in [0.25, 0.3) is 0 Å². The Kier molecular flexibility index (Phi) is 4.89. The van der Waals surface area contributed by atoms with Crippen molar-refractivity contribution < 1.29 is 14.6 Å². The Morgan fingerprint density at radius 1 is 1.17 bits per heavy atom. The largest absolute Gasteiger partial charge is 0.508 e. The predicted octanol–water partition coefficient (Wildman–Crippen LogP) is 2.50. The highest BCUT2D eigenvalue weighted by Crippen LogP contribution is 2.58. The van der Waals surface area contributed by atoms with Gasteiger partial charge in [-0.05, 0) is 42.4 Å². The van der Waals surface area contributed by atoms with Crippen LogP contribution in [-0.4, -0.2) is 47.2 Å². The summed E-state index contributed by atoms with van der Waals surface area (Å²) in [5.74, 6) is -0.269. The molecule has 2 aliphatic heterocycles. The number of ether oxygens (including phenoxy) is 1. The summed E-state index contributed by atoms with van der Waals surface area (Å²) in [4.78, 5) is 20.4. The first kappa shape index (κ1) is 20.2. The first-order valence-corrected chi connectivity index (χ1v) is 10.0. The van der Waals surface area contributed by atoms with Gasteiger partial charge in [-0.2, -0.15) is 0 Å². The van der Waals surface area contributed by atoms with Crippen molar-refractivity contribution in [1.82, 2.24) is 15.5 Å². The molecule has 4 rings (SSSR count). The maximum absolute atomic E-state index is 13.7. The third kappa shape index (κ3) is 2.74. The Hall–Kier alpha value is -3.13. The summed E-state index contributed by atoms with van der Waals surface area (Å²) in [6.07, 6.45) is 1.71. The fourth-order valence-corrected chi connectivity index (χ4v) is 5.00. The molecule has 0 aliphatic carbocycles. The summed E-state index contributed by atoms with van der Waals surface area (Å²) < 4.78 is 5.41. The van der Waals surface area contributed by atoms with Crippen molar-refractivity contribution in [3.8, 4) is 5.75 Å².